The van der Waals surface area contributed by atoms with Crippen LogP contribution in [0.25, 0.3) is 0 Å². The van der Waals surface area contributed by atoms with Crippen LogP contribution in [0.1, 0.15) is 29.2 Å². The molecule has 1 atom stereocenters. The molecule has 7 nitrogen and oxygen atoms in total. The Morgan fingerprint density at radius 1 is 1.13 bits per heavy atom. The van der Waals surface area contributed by atoms with E-state index in [0.717, 1.165) is 24.3 Å². The molecule has 2 heterocycles. The van der Waals surface area contributed by atoms with Crippen LogP contribution in [0.4, 0.5) is 10.5 Å². The number of cyclic esters (lactones) is 1. The van der Waals surface area contributed by atoms with Crippen molar-refractivity contribution in [1.82, 2.24) is 4.90 Å². The Bertz CT molecular complexity index is 905. The minimum atomic E-state index is -0.323. The number of hydrogen-bond acceptors (Lipinski definition) is 6. The Hall–Kier alpha value is -2.45. The van der Waals surface area contributed by atoms with Crippen molar-refractivity contribution in [3.63, 3.8) is 0 Å². The van der Waals surface area contributed by atoms with Gasteiger partial charge in [-0.1, -0.05) is 37.3 Å². The molecular weight excluding hydrogens is 394 g/mol. The number of aryl methyl sites for hydroxylation is 2. The normalized spacial score (nSPS) is 20.6. The molecule has 31 heavy (non-hydrogen) atoms. The monoisotopic (exact) mass is 425 g/mol. The molecule has 0 aromatic heterocycles. The number of carbonyl (C=O) groups excluding carboxylic acids is 1. The number of anilines is 1. The molecule has 0 aliphatic carbocycles. The average molecular weight is 426 g/mol. The van der Waals surface area contributed by atoms with Crippen molar-refractivity contribution in [3.05, 3.63) is 64.7 Å². The Morgan fingerprint density at radius 2 is 1.81 bits per heavy atom. The van der Waals surface area contributed by atoms with Gasteiger partial charge < -0.3 is 10.5 Å². The number of likely N-dealkylation sites (tertiary alicyclic amines) is 1. The van der Waals surface area contributed by atoms with Crippen molar-refractivity contribution in [1.29, 1.82) is 0 Å². The van der Waals surface area contributed by atoms with Crippen LogP contribution in [0.2, 0.25) is 0 Å². The second-order valence-corrected chi connectivity index (χ2v) is 8.85. The van der Waals surface area contributed by atoms with Gasteiger partial charge in [0.05, 0.1) is 6.54 Å². The highest BCUT2D eigenvalue weighted by molar-refractivity contribution is 5.90. The molecule has 1 amide bonds. The topological polar surface area (TPSA) is 77.3 Å². The predicted molar refractivity (Wildman–Crippen MR) is 119 cm³/mol. The maximum absolute atomic E-state index is 12.2. The van der Waals surface area contributed by atoms with E-state index in [1.165, 1.54) is 16.7 Å². The zero-order chi connectivity index (χ0) is 22.0. The Morgan fingerprint density at radius 3 is 2.42 bits per heavy atom. The van der Waals surface area contributed by atoms with Crippen molar-refractivity contribution >= 4 is 11.8 Å². The molecular formula is C24H31N3O4. The third-order valence-electron chi connectivity index (χ3n) is 6.10. The van der Waals surface area contributed by atoms with E-state index in [4.69, 9.17) is 20.2 Å². The summed E-state index contributed by atoms with van der Waals surface area (Å²) in [4.78, 5) is 26.8. The lowest BCUT2D eigenvalue weighted by Gasteiger charge is -2.49. The van der Waals surface area contributed by atoms with Crippen molar-refractivity contribution in [2.45, 2.75) is 38.9 Å². The first kappa shape index (κ1) is 21.8. The molecule has 7 heteroatoms. The molecule has 0 spiro atoms. The molecule has 2 aliphatic rings. The van der Waals surface area contributed by atoms with Gasteiger partial charge in [-0.25, -0.2) is 14.6 Å². The summed E-state index contributed by atoms with van der Waals surface area (Å²) in [5.74, 6) is 0. The van der Waals surface area contributed by atoms with Crippen LogP contribution in [0.5, 0.6) is 0 Å². The van der Waals surface area contributed by atoms with Crippen LogP contribution in [0, 0.1) is 13.8 Å². The summed E-state index contributed by atoms with van der Waals surface area (Å²) in [6, 6.07) is 14.1. The molecule has 2 N–H and O–H groups in total. The number of ether oxygens (including phenoxy) is 1. The van der Waals surface area contributed by atoms with Gasteiger partial charge in [-0.15, -0.1) is 0 Å². The minimum Gasteiger partial charge on any atom is -0.443 e. The maximum atomic E-state index is 12.2. The fraction of sp³-hybridized carbons (Fsp3) is 0.458. The lowest BCUT2D eigenvalue weighted by atomic mass is 9.72. The van der Waals surface area contributed by atoms with Crippen LogP contribution in [-0.4, -0.2) is 50.0 Å². The van der Waals surface area contributed by atoms with E-state index in [1.54, 1.807) is 4.90 Å². The highest BCUT2D eigenvalue weighted by Crippen LogP contribution is 2.39. The van der Waals surface area contributed by atoms with E-state index < -0.39 is 0 Å². The zero-order valence-corrected chi connectivity index (χ0v) is 18.5. The smallest absolute Gasteiger partial charge is 0.414 e. The van der Waals surface area contributed by atoms with Gasteiger partial charge in [-0.3, -0.25) is 9.80 Å². The molecule has 2 aromatic rings. The lowest BCUT2D eigenvalue weighted by molar-refractivity contribution is -0.330. The first-order valence-electron chi connectivity index (χ1n) is 10.7. The fourth-order valence-corrected chi connectivity index (χ4v) is 4.89. The molecule has 2 saturated heterocycles. The zero-order valence-electron chi connectivity index (χ0n) is 18.5. The highest BCUT2D eigenvalue weighted by atomic mass is 17.2. The lowest BCUT2D eigenvalue weighted by Crippen LogP contribution is -2.58. The third kappa shape index (κ3) is 4.60. The van der Waals surface area contributed by atoms with Crippen molar-refractivity contribution in [2.75, 3.05) is 37.8 Å². The van der Waals surface area contributed by atoms with Crippen LogP contribution in [-0.2, 0) is 26.5 Å². The largest absolute Gasteiger partial charge is 0.443 e. The van der Waals surface area contributed by atoms with Crippen LogP contribution >= 0.6 is 0 Å². The van der Waals surface area contributed by atoms with Crippen LogP contribution in [0.15, 0.2) is 42.5 Å². The first-order valence-corrected chi connectivity index (χ1v) is 10.7. The molecule has 2 aromatic carbocycles. The Labute approximate surface area is 183 Å². The molecule has 2 aliphatic heterocycles. The van der Waals surface area contributed by atoms with Crippen molar-refractivity contribution in [2.24, 2.45) is 5.73 Å². The summed E-state index contributed by atoms with van der Waals surface area (Å²) in [6.45, 7) is 10.0. The second kappa shape index (κ2) is 8.96. The summed E-state index contributed by atoms with van der Waals surface area (Å²) >= 11 is 0. The van der Waals surface area contributed by atoms with Gasteiger partial charge in [0.25, 0.3) is 0 Å². The number of benzene rings is 2. The van der Waals surface area contributed by atoms with Gasteiger partial charge in [0.15, 0.2) is 0 Å². The maximum Gasteiger partial charge on any atom is 0.414 e. The summed E-state index contributed by atoms with van der Waals surface area (Å²) in [7, 11) is 0. The summed E-state index contributed by atoms with van der Waals surface area (Å²) in [5.41, 5.74) is 11.4. The van der Waals surface area contributed by atoms with E-state index in [2.05, 4.69) is 37.8 Å². The summed E-state index contributed by atoms with van der Waals surface area (Å²) in [5, 5.41) is 0. The van der Waals surface area contributed by atoms with Crippen LogP contribution in [0.3, 0.4) is 0 Å². The molecule has 0 bridgehead atoms. The number of amides is 1. The standard InChI is InChI=1S/C24H31N3O4/c1-17-9-20(27-12-21(11-25)31-23(27)28)10-18(2)22(17)24(3)14-26(15-24)16-30-29-13-19-7-5-4-6-8-19/h4-10,21H,11-16,25H2,1-3H3. The predicted octanol–water partition coefficient (Wildman–Crippen LogP) is 3.27. The Kier molecular flexibility index (Phi) is 6.29. The molecule has 166 valence electrons. The molecule has 0 saturated carbocycles. The third-order valence-corrected chi connectivity index (χ3v) is 6.10. The van der Waals surface area contributed by atoms with E-state index in [0.29, 0.717) is 26.4 Å². The number of rotatable bonds is 8. The van der Waals surface area contributed by atoms with E-state index >= 15 is 0 Å². The quantitative estimate of drug-likeness (QED) is 0.397. The Balaban J connectivity index is 1.34. The van der Waals surface area contributed by atoms with Gasteiger partial charge >= 0.3 is 6.09 Å². The van der Waals surface area contributed by atoms with Gasteiger partial charge in [0, 0.05) is 30.7 Å². The van der Waals surface area contributed by atoms with Gasteiger partial charge in [0.1, 0.15) is 19.4 Å². The summed E-state index contributed by atoms with van der Waals surface area (Å²) in [6.07, 6.45) is -0.565. The number of nitrogens with two attached hydrogens (primary N) is 1. The SMILES string of the molecule is Cc1cc(N2CC(CN)OC2=O)cc(C)c1C1(C)CN(COOCc2ccccc2)C1. The van der Waals surface area contributed by atoms with Gasteiger partial charge in [-0.05, 0) is 48.2 Å². The molecule has 1 unspecified atom stereocenters. The second-order valence-electron chi connectivity index (χ2n) is 8.85. The number of hydrogen-bond donors (Lipinski definition) is 1. The number of nitrogens with zero attached hydrogens (tertiary/aromatic N) is 2. The van der Waals surface area contributed by atoms with Crippen LogP contribution < -0.4 is 10.6 Å². The highest BCUT2D eigenvalue weighted by Gasteiger charge is 2.42. The first-order chi connectivity index (χ1) is 14.9. The summed E-state index contributed by atoms with van der Waals surface area (Å²) < 4.78 is 5.31. The minimum absolute atomic E-state index is 0.0425. The van der Waals surface area contributed by atoms with E-state index in [1.807, 2.05) is 30.3 Å². The van der Waals surface area contributed by atoms with Crippen molar-refractivity contribution < 1.29 is 19.3 Å². The van der Waals surface area contributed by atoms with E-state index in [-0.39, 0.29) is 17.6 Å². The van der Waals surface area contributed by atoms with Gasteiger partial charge in [-0.2, -0.15) is 0 Å². The molecule has 4 rings (SSSR count). The van der Waals surface area contributed by atoms with Crippen molar-refractivity contribution in [3.8, 4) is 0 Å². The van der Waals surface area contributed by atoms with Gasteiger partial charge in [0.2, 0.25) is 0 Å². The fourth-order valence-electron chi connectivity index (χ4n) is 4.89. The molecule has 2 fully saturated rings. The van der Waals surface area contributed by atoms with E-state index in [9.17, 15) is 4.79 Å². The average Bonchev–Trinajstić information content (AvgIpc) is 3.11. The molecule has 0 radical (unpaired) electrons. The number of carbonyl (C=O) groups is 1.